The maximum absolute atomic E-state index is 9.72. The summed E-state index contributed by atoms with van der Waals surface area (Å²) in [4.78, 5) is 1.38. The number of rotatable bonds is 6. The van der Waals surface area contributed by atoms with Crippen molar-refractivity contribution in [1.82, 2.24) is 0 Å². The Bertz CT molecular complexity index is 3360. The van der Waals surface area contributed by atoms with Crippen LogP contribution < -0.4 is 4.90 Å². The van der Waals surface area contributed by atoms with Crippen molar-refractivity contribution in [2.45, 2.75) is 0 Å². The number of hydrogen-bond acceptors (Lipinski definition) is 1. The van der Waals surface area contributed by atoms with Gasteiger partial charge in [-0.05, 0) is 125 Å². The molecule has 0 saturated heterocycles. The van der Waals surface area contributed by atoms with Crippen LogP contribution in [0.2, 0.25) is 0 Å². The largest absolute Gasteiger partial charge is 0.310 e. The molecule has 1 nitrogen and oxygen atoms in total. The lowest BCUT2D eigenvalue weighted by Gasteiger charge is -2.27. The van der Waals surface area contributed by atoms with E-state index in [-0.39, 0.29) is 58.8 Å². The molecular weight excluding hydrogens is 639 g/mol. The molecule has 0 N–H and O–H groups in total. The Morgan fingerprint density at radius 1 is 0.283 bits per heavy atom. The Hall–Kier alpha value is -6.96. The van der Waals surface area contributed by atoms with Crippen LogP contribution in [0.1, 0.15) is 11.0 Å². The molecule has 0 aromatic heterocycles. The van der Waals surface area contributed by atoms with Crippen molar-refractivity contribution in [2.75, 3.05) is 4.90 Å². The molecule has 0 aliphatic rings. The highest BCUT2D eigenvalue weighted by molar-refractivity contribution is 6.15. The first kappa shape index (κ1) is 23.5. The Morgan fingerprint density at radius 3 is 1.28 bits per heavy atom. The molecule has 10 aromatic rings. The summed E-state index contributed by atoms with van der Waals surface area (Å²) in [6, 6.07) is 49.4. The van der Waals surface area contributed by atoms with E-state index in [1.807, 2.05) is 103 Å². The number of benzene rings is 10. The Balaban J connectivity index is 1.26. The SMILES string of the molecule is [2H]c1c([2H])c(N(c2cccc(-c3cc4ccccc4c4ccccc34)c2)c2c([2H])c([2H])c(-c3cc4ccccc4c4ccccc34)c([2H])c2[2H])c([2H])c([2H])c1-c1ccccc1. The van der Waals surface area contributed by atoms with Gasteiger partial charge in [-0.3, -0.25) is 0 Å². The van der Waals surface area contributed by atoms with Gasteiger partial charge in [-0.2, -0.15) is 0 Å². The fraction of sp³-hybridized carbons (Fsp3) is 0. The van der Waals surface area contributed by atoms with Gasteiger partial charge in [0.25, 0.3) is 0 Å². The molecule has 0 bridgehead atoms. The summed E-state index contributed by atoms with van der Waals surface area (Å²) in [5.41, 5.74) is 2.93. The van der Waals surface area contributed by atoms with Gasteiger partial charge in [-0.15, -0.1) is 0 Å². The van der Waals surface area contributed by atoms with E-state index < -0.39 is 12.1 Å². The van der Waals surface area contributed by atoms with Gasteiger partial charge in [0.05, 0.1) is 11.0 Å². The van der Waals surface area contributed by atoms with E-state index in [0.717, 1.165) is 54.2 Å². The van der Waals surface area contributed by atoms with E-state index in [9.17, 15) is 11.0 Å². The third kappa shape index (κ3) is 5.51. The van der Waals surface area contributed by atoms with E-state index in [0.29, 0.717) is 16.8 Å². The van der Waals surface area contributed by atoms with Gasteiger partial charge in [-0.1, -0.05) is 164 Å². The van der Waals surface area contributed by atoms with Crippen LogP contribution in [0.25, 0.3) is 76.5 Å². The number of nitrogens with zero attached hydrogens (tertiary/aromatic N) is 1. The van der Waals surface area contributed by atoms with Crippen molar-refractivity contribution in [3.63, 3.8) is 0 Å². The fourth-order valence-electron chi connectivity index (χ4n) is 7.46. The highest BCUT2D eigenvalue weighted by Gasteiger charge is 2.17. The first-order valence-electron chi connectivity index (χ1n) is 21.6. The summed E-state index contributed by atoms with van der Waals surface area (Å²) < 4.78 is 76.2. The highest BCUT2D eigenvalue weighted by Crippen LogP contribution is 2.42. The van der Waals surface area contributed by atoms with Crippen LogP contribution >= 0.6 is 0 Å². The van der Waals surface area contributed by atoms with Gasteiger partial charge >= 0.3 is 0 Å². The Morgan fingerprint density at radius 2 is 0.717 bits per heavy atom. The predicted octanol–water partition coefficient (Wildman–Crippen LogP) is 14.8. The smallest absolute Gasteiger partial charge is 0.0645 e. The van der Waals surface area contributed by atoms with Crippen molar-refractivity contribution >= 4 is 60.2 Å². The molecule has 53 heavy (non-hydrogen) atoms. The molecule has 10 aromatic carbocycles. The zero-order valence-corrected chi connectivity index (χ0v) is 28.5. The molecule has 0 unspecified atom stereocenters. The summed E-state index contributed by atoms with van der Waals surface area (Å²) in [7, 11) is 0. The standard InChI is InChI=1S/C52H35N/c1-2-13-36(14-3-1)37-25-29-42(30-26-37)53(43-31-27-38(28-32-43)51-34-40-15-4-6-19-45(40)47-21-8-10-23-49(47)51)44-18-12-17-39(33-44)52-35-41-16-5-7-20-46(41)48-22-9-11-24-50(48)52/h1-35H/i25D,26D,27D,28D,29D,30D,31D,32D. The lowest BCUT2D eigenvalue weighted by molar-refractivity contribution is 1.28. The van der Waals surface area contributed by atoms with Gasteiger partial charge in [0.15, 0.2) is 0 Å². The predicted molar refractivity (Wildman–Crippen MR) is 227 cm³/mol. The maximum Gasteiger partial charge on any atom is 0.0645 e. The summed E-state index contributed by atoms with van der Waals surface area (Å²) in [6.07, 6.45) is 0. The van der Waals surface area contributed by atoms with E-state index in [4.69, 9.17) is 0 Å². The second kappa shape index (κ2) is 13.0. The van der Waals surface area contributed by atoms with Gasteiger partial charge in [0.1, 0.15) is 0 Å². The normalized spacial score (nSPS) is 13.5. The molecule has 0 aliphatic heterocycles. The van der Waals surface area contributed by atoms with Crippen LogP contribution in [-0.2, 0) is 0 Å². The lowest BCUT2D eigenvalue weighted by atomic mass is 9.93. The molecule has 248 valence electrons. The monoisotopic (exact) mass is 681 g/mol. The molecule has 0 fully saturated rings. The average Bonchev–Trinajstić information content (AvgIpc) is 3.30. The second-order valence-corrected chi connectivity index (χ2v) is 13.1. The first-order valence-corrected chi connectivity index (χ1v) is 17.6. The van der Waals surface area contributed by atoms with Crippen LogP contribution in [0.3, 0.4) is 0 Å². The zero-order valence-electron chi connectivity index (χ0n) is 36.5. The van der Waals surface area contributed by atoms with Gasteiger partial charge in [-0.25, -0.2) is 0 Å². The summed E-state index contributed by atoms with van der Waals surface area (Å²) in [6.45, 7) is 0. The van der Waals surface area contributed by atoms with Crippen LogP contribution in [0.4, 0.5) is 17.1 Å². The average molecular weight is 682 g/mol. The van der Waals surface area contributed by atoms with Gasteiger partial charge in [0.2, 0.25) is 0 Å². The number of anilines is 3. The Labute approximate surface area is 320 Å². The molecular formula is C52H35N. The minimum absolute atomic E-state index is 0.119. The maximum atomic E-state index is 9.72. The van der Waals surface area contributed by atoms with Gasteiger partial charge < -0.3 is 4.90 Å². The molecule has 0 radical (unpaired) electrons. The van der Waals surface area contributed by atoms with Crippen LogP contribution in [-0.4, -0.2) is 0 Å². The zero-order chi connectivity index (χ0) is 42.1. The van der Waals surface area contributed by atoms with E-state index in [1.54, 1.807) is 30.3 Å². The highest BCUT2D eigenvalue weighted by atomic mass is 15.1. The second-order valence-electron chi connectivity index (χ2n) is 13.1. The van der Waals surface area contributed by atoms with Crippen molar-refractivity contribution in [1.29, 1.82) is 0 Å². The van der Waals surface area contributed by atoms with E-state index >= 15 is 0 Å². The van der Waals surface area contributed by atoms with Crippen molar-refractivity contribution in [3.05, 3.63) is 212 Å². The fourth-order valence-corrected chi connectivity index (χ4v) is 7.46. The third-order valence-electron chi connectivity index (χ3n) is 9.95. The molecule has 0 aliphatic carbocycles. The molecule has 1 heteroatoms. The molecule has 0 saturated carbocycles. The molecule has 0 heterocycles. The van der Waals surface area contributed by atoms with Gasteiger partial charge in [0, 0.05) is 17.1 Å². The molecule has 0 spiro atoms. The van der Waals surface area contributed by atoms with E-state index in [1.165, 1.54) is 4.90 Å². The molecule has 10 rings (SSSR count). The van der Waals surface area contributed by atoms with E-state index in [2.05, 4.69) is 30.3 Å². The first-order chi connectivity index (χ1) is 29.6. The number of fused-ring (bicyclic) bond motifs is 6. The Kier molecular flexibility index (Phi) is 5.76. The quantitative estimate of drug-likeness (QED) is 0.158. The number of hydrogen-bond donors (Lipinski definition) is 0. The van der Waals surface area contributed by atoms with Crippen LogP contribution in [0.15, 0.2) is 212 Å². The minimum Gasteiger partial charge on any atom is -0.310 e. The lowest BCUT2D eigenvalue weighted by Crippen LogP contribution is -2.10. The van der Waals surface area contributed by atoms with Crippen LogP contribution in [0.5, 0.6) is 0 Å². The van der Waals surface area contributed by atoms with Crippen LogP contribution in [0, 0.1) is 0 Å². The summed E-state index contributed by atoms with van der Waals surface area (Å²) in [5, 5.41) is 7.77. The molecule has 0 amide bonds. The van der Waals surface area contributed by atoms with Crippen molar-refractivity contribution < 1.29 is 11.0 Å². The third-order valence-corrected chi connectivity index (χ3v) is 9.95. The van der Waals surface area contributed by atoms with Crippen molar-refractivity contribution in [3.8, 4) is 33.4 Å². The van der Waals surface area contributed by atoms with Crippen molar-refractivity contribution in [2.24, 2.45) is 0 Å². The summed E-state index contributed by atoms with van der Waals surface area (Å²) in [5.74, 6) is 0. The minimum atomic E-state index is -0.390. The molecule has 0 atom stereocenters. The topological polar surface area (TPSA) is 3.24 Å². The summed E-state index contributed by atoms with van der Waals surface area (Å²) >= 11 is 0.